The van der Waals surface area contributed by atoms with Gasteiger partial charge in [0, 0.05) is 35.2 Å². The first-order chi connectivity index (χ1) is 12.0. The van der Waals surface area contributed by atoms with E-state index >= 15 is 0 Å². The zero-order chi connectivity index (χ0) is 17.8. The monoisotopic (exact) mass is 353 g/mol. The molecule has 0 fully saturated rings. The van der Waals surface area contributed by atoms with Gasteiger partial charge >= 0.3 is 0 Å². The Hall–Kier alpha value is -3.06. The van der Waals surface area contributed by atoms with Crippen LogP contribution in [0.15, 0.2) is 53.9 Å². The molecule has 0 atom stereocenters. The van der Waals surface area contributed by atoms with Crippen LogP contribution in [0.3, 0.4) is 0 Å². The minimum atomic E-state index is -0.493. The van der Waals surface area contributed by atoms with Crippen LogP contribution < -0.4 is 5.32 Å². The third-order valence-electron chi connectivity index (χ3n) is 3.66. The lowest BCUT2D eigenvalue weighted by atomic mass is 10.1. The fourth-order valence-electron chi connectivity index (χ4n) is 2.31. The first kappa shape index (κ1) is 16.8. The molecule has 0 saturated carbocycles. The number of aromatic nitrogens is 1. The number of non-ortho nitro benzene ring substituents is 1. The molecule has 0 aliphatic heterocycles. The SMILES string of the molecule is Cc1nc(-c2ccc(CNC(=O)c3ccc([N+](=O)[O-])cc3)cc2)cs1. The van der Waals surface area contributed by atoms with E-state index in [1.807, 2.05) is 36.6 Å². The van der Waals surface area contributed by atoms with Gasteiger partial charge in [0.25, 0.3) is 11.6 Å². The number of benzene rings is 2. The van der Waals surface area contributed by atoms with Gasteiger partial charge in [-0.05, 0) is 24.6 Å². The van der Waals surface area contributed by atoms with Crippen molar-refractivity contribution in [2.24, 2.45) is 0 Å². The van der Waals surface area contributed by atoms with Gasteiger partial charge in [-0.15, -0.1) is 11.3 Å². The molecule has 0 unspecified atom stereocenters. The van der Waals surface area contributed by atoms with Crippen molar-refractivity contribution >= 4 is 22.9 Å². The van der Waals surface area contributed by atoms with E-state index in [-0.39, 0.29) is 11.6 Å². The molecule has 1 N–H and O–H groups in total. The molecule has 0 saturated heterocycles. The van der Waals surface area contributed by atoms with Crippen LogP contribution in [0.25, 0.3) is 11.3 Å². The number of nitrogens with one attached hydrogen (secondary N) is 1. The highest BCUT2D eigenvalue weighted by molar-refractivity contribution is 7.09. The summed E-state index contributed by atoms with van der Waals surface area (Å²) in [6.45, 7) is 2.35. The second kappa shape index (κ2) is 7.23. The summed E-state index contributed by atoms with van der Waals surface area (Å²) in [5.74, 6) is -0.269. The number of hydrogen-bond acceptors (Lipinski definition) is 5. The van der Waals surface area contributed by atoms with Gasteiger partial charge in [0.2, 0.25) is 0 Å². The first-order valence-corrected chi connectivity index (χ1v) is 8.45. The summed E-state index contributed by atoms with van der Waals surface area (Å²) >= 11 is 1.61. The van der Waals surface area contributed by atoms with Gasteiger partial charge in [0.1, 0.15) is 0 Å². The van der Waals surface area contributed by atoms with E-state index in [9.17, 15) is 14.9 Å². The third-order valence-corrected chi connectivity index (χ3v) is 4.44. The van der Waals surface area contributed by atoms with Crippen molar-refractivity contribution in [1.82, 2.24) is 10.3 Å². The molecular formula is C18H15N3O3S. The molecule has 1 heterocycles. The molecule has 1 aromatic heterocycles. The van der Waals surface area contributed by atoms with Crippen molar-refractivity contribution in [1.29, 1.82) is 0 Å². The molecule has 0 spiro atoms. The van der Waals surface area contributed by atoms with E-state index in [1.165, 1.54) is 24.3 Å². The Morgan fingerprint density at radius 2 is 1.84 bits per heavy atom. The molecule has 2 aromatic carbocycles. The predicted molar refractivity (Wildman–Crippen MR) is 96.6 cm³/mol. The average Bonchev–Trinajstić information content (AvgIpc) is 3.06. The Kier molecular flexibility index (Phi) is 4.85. The molecule has 0 bridgehead atoms. The molecule has 0 aliphatic rings. The summed E-state index contributed by atoms with van der Waals surface area (Å²) in [7, 11) is 0. The van der Waals surface area contributed by atoms with Crippen LogP contribution in [-0.2, 0) is 6.54 Å². The van der Waals surface area contributed by atoms with Crippen LogP contribution in [-0.4, -0.2) is 15.8 Å². The lowest BCUT2D eigenvalue weighted by Gasteiger charge is -2.06. The molecule has 3 aromatic rings. The molecule has 0 aliphatic carbocycles. The maximum absolute atomic E-state index is 12.1. The molecule has 126 valence electrons. The van der Waals surface area contributed by atoms with E-state index in [4.69, 9.17) is 0 Å². The van der Waals surface area contributed by atoms with Crippen LogP contribution in [0, 0.1) is 17.0 Å². The van der Waals surface area contributed by atoms with Crippen LogP contribution in [0.2, 0.25) is 0 Å². The van der Waals surface area contributed by atoms with Crippen LogP contribution in [0.5, 0.6) is 0 Å². The number of nitrogens with zero attached hydrogens (tertiary/aromatic N) is 2. The Labute approximate surface area is 148 Å². The Bertz CT molecular complexity index is 902. The highest BCUT2D eigenvalue weighted by Gasteiger charge is 2.09. The molecule has 3 rings (SSSR count). The van der Waals surface area contributed by atoms with Crippen LogP contribution in [0.4, 0.5) is 5.69 Å². The lowest BCUT2D eigenvalue weighted by Crippen LogP contribution is -2.22. The maximum Gasteiger partial charge on any atom is 0.269 e. The number of thiazole rings is 1. The van der Waals surface area contributed by atoms with Crippen molar-refractivity contribution in [3.63, 3.8) is 0 Å². The van der Waals surface area contributed by atoms with Crippen molar-refractivity contribution in [3.05, 3.63) is 80.2 Å². The van der Waals surface area contributed by atoms with Gasteiger partial charge in [0.05, 0.1) is 15.6 Å². The van der Waals surface area contributed by atoms with Crippen LogP contribution >= 0.6 is 11.3 Å². The molecule has 7 heteroatoms. The van der Waals surface area contributed by atoms with Gasteiger partial charge in [-0.25, -0.2) is 4.98 Å². The topological polar surface area (TPSA) is 85.1 Å². The second-order valence-electron chi connectivity index (χ2n) is 5.44. The fourth-order valence-corrected chi connectivity index (χ4v) is 2.93. The fraction of sp³-hybridized carbons (Fsp3) is 0.111. The van der Waals surface area contributed by atoms with Crippen molar-refractivity contribution in [2.45, 2.75) is 13.5 Å². The Morgan fingerprint density at radius 1 is 1.16 bits per heavy atom. The average molecular weight is 353 g/mol. The molecule has 6 nitrogen and oxygen atoms in total. The van der Waals surface area contributed by atoms with E-state index in [0.717, 1.165) is 21.8 Å². The molecule has 0 radical (unpaired) electrons. The number of hydrogen-bond donors (Lipinski definition) is 1. The number of amides is 1. The molecular weight excluding hydrogens is 338 g/mol. The Balaban J connectivity index is 1.61. The lowest BCUT2D eigenvalue weighted by molar-refractivity contribution is -0.384. The number of nitro benzene ring substituents is 1. The Morgan fingerprint density at radius 3 is 2.40 bits per heavy atom. The van der Waals surface area contributed by atoms with Crippen molar-refractivity contribution < 1.29 is 9.72 Å². The van der Waals surface area contributed by atoms with E-state index in [2.05, 4.69) is 10.3 Å². The quantitative estimate of drug-likeness (QED) is 0.556. The summed E-state index contributed by atoms with van der Waals surface area (Å²) in [5.41, 5.74) is 3.30. The largest absolute Gasteiger partial charge is 0.348 e. The summed E-state index contributed by atoms with van der Waals surface area (Å²) in [6, 6.07) is 13.4. The standard InChI is InChI=1S/C18H15N3O3S/c1-12-20-17(11-25-12)14-4-2-13(3-5-14)10-19-18(22)15-6-8-16(9-7-15)21(23)24/h2-9,11H,10H2,1H3,(H,19,22). The van der Waals surface area contributed by atoms with Gasteiger partial charge in [-0.3, -0.25) is 14.9 Å². The van der Waals surface area contributed by atoms with Crippen molar-refractivity contribution in [3.8, 4) is 11.3 Å². The van der Waals surface area contributed by atoms with Gasteiger partial charge in [0.15, 0.2) is 0 Å². The van der Waals surface area contributed by atoms with Crippen LogP contribution in [0.1, 0.15) is 20.9 Å². The van der Waals surface area contributed by atoms with Gasteiger partial charge < -0.3 is 5.32 Å². The highest BCUT2D eigenvalue weighted by Crippen LogP contribution is 2.21. The minimum absolute atomic E-state index is 0.0376. The summed E-state index contributed by atoms with van der Waals surface area (Å²) in [5, 5.41) is 16.5. The second-order valence-corrected chi connectivity index (χ2v) is 6.50. The number of aryl methyl sites for hydroxylation is 1. The summed E-state index contributed by atoms with van der Waals surface area (Å²) in [6.07, 6.45) is 0. The number of rotatable bonds is 5. The van der Waals surface area contributed by atoms with E-state index in [1.54, 1.807) is 11.3 Å². The third kappa shape index (κ3) is 4.07. The summed E-state index contributed by atoms with van der Waals surface area (Å²) < 4.78 is 0. The number of carbonyl (C=O) groups is 1. The number of carbonyl (C=O) groups excluding carboxylic acids is 1. The molecule has 1 amide bonds. The first-order valence-electron chi connectivity index (χ1n) is 7.57. The van der Waals surface area contributed by atoms with Crippen molar-refractivity contribution in [2.75, 3.05) is 0 Å². The van der Waals surface area contributed by atoms with Gasteiger partial charge in [-0.1, -0.05) is 24.3 Å². The maximum atomic E-state index is 12.1. The minimum Gasteiger partial charge on any atom is -0.348 e. The summed E-state index contributed by atoms with van der Waals surface area (Å²) in [4.78, 5) is 26.7. The van der Waals surface area contributed by atoms with E-state index < -0.39 is 4.92 Å². The van der Waals surface area contributed by atoms with Gasteiger partial charge in [-0.2, -0.15) is 0 Å². The normalized spacial score (nSPS) is 10.4. The zero-order valence-electron chi connectivity index (χ0n) is 13.4. The number of nitro groups is 1. The van der Waals surface area contributed by atoms with E-state index in [0.29, 0.717) is 12.1 Å². The molecule has 25 heavy (non-hydrogen) atoms. The highest BCUT2D eigenvalue weighted by atomic mass is 32.1. The zero-order valence-corrected chi connectivity index (χ0v) is 14.2. The smallest absolute Gasteiger partial charge is 0.269 e. The predicted octanol–water partition coefficient (Wildman–Crippen LogP) is 3.96.